The second-order valence-corrected chi connectivity index (χ2v) is 5.12. The molecule has 2 N–H and O–H groups in total. The van der Waals surface area contributed by atoms with Gasteiger partial charge in [0.25, 0.3) is 0 Å². The molecule has 0 spiro atoms. The molecule has 0 radical (unpaired) electrons. The summed E-state index contributed by atoms with van der Waals surface area (Å²) in [7, 11) is 1.38. The maximum absolute atomic E-state index is 11.0. The minimum absolute atomic E-state index is 0.310. The second-order valence-electron chi connectivity index (χ2n) is 3.97. The van der Waals surface area contributed by atoms with E-state index >= 15 is 0 Å². The molecule has 0 aromatic carbocycles. The Morgan fingerprint density at radius 1 is 1.25 bits per heavy atom. The summed E-state index contributed by atoms with van der Waals surface area (Å²) in [6.07, 6.45) is 7.84. The van der Waals surface area contributed by atoms with Crippen LogP contribution in [0.1, 0.15) is 45.4 Å². The zero-order chi connectivity index (χ0) is 12.2. The zero-order valence-electron chi connectivity index (χ0n) is 10.5. The number of nitrogens with two attached hydrogens (primary N) is 1. The summed E-state index contributed by atoms with van der Waals surface area (Å²) < 4.78 is 4.56. The van der Waals surface area contributed by atoms with Gasteiger partial charge in [-0.15, -0.1) is 0 Å². The third kappa shape index (κ3) is 9.04. The monoisotopic (exact) mass is 247 g/mol. The van der Waals surface area contributed by atoms with Crippen LogP contribution in [0.3, 0.4) is 0 Å². The van der Waals surface area contributed by atoms with Gasteiger partial charge in [0.15, 0.2) is 0 Å². The average Bonchev–Trinajstić information content (AvgIpc) is 2.31. The smallest absolute Gasteiger partial charge is 0.323 e. The van der Waals surface area contributed by atoms with Crippen molar-refractivity contribution in [3.63, 3.8) is 0 Å². The van der Waals surface area contributed by atoms with Gasteiger partial charge in [-0.2, -0.15) is 11.8 Å². The van der Waals surface area contributed by atoms with Gasteiger partial charge in [0.2, 0.25) is 0 Å². The van der Waals surface area contributed by atoms with Crippen LogP contribution >= 0.6 is 11.8 Å². The molecular weight excluding hydrogens is 222 g/mol. The SMILES string of the molecule is CCCCCCCCSCC(N)C(=O)OC. The molecule has 0 aliphatic carbocycles. The largest absolute Gasteiger partial charge is 0.468 e. The first-order chi connectivity index (χ1) is 7.72. The van der Waals surface area contributed by atoms with Gasteiger partial charge in [-0.1, -0.05) is 39.0 Å². The highest BCUT2D eigenvalue weighted by Gasteiger charge is 2.12. The molecule has 1 unspecified atom stereocenters. The topological polar surface area (TPSA) is 52.3 Å². The van der Waals surface area contributed by atoms with Crippen LogP contribution in [0.4, 0.5) is 0 Å². The van der Waals surface area contributed by atoms with Crippen molar-refractivity contribution in [1.29, 1.82) is 0 Å². The van der Waals surface area contributed by atoms with Crippen LogP contribution in [0.2, 0.25) is 0 Å². The number of esters is 1. The molecule has 3 nitrogen and oxygen atoms in total. The summed E-state index contributed by atoms with van der Waals surface area (Å²) in [6, 6.07) is -0.463. The second kappa shape index (κ2) is 11.3. The third-order valence-corrected chi connectivity index (χ3v) is 3.62. The van der Waals surface area contributed by atoms with E-state index in [0.29, 0.717) is 5.75 Å². The molecule has 16 heavy (non-hydrogen) atoms. The molecule has 4 heteroatoms. The third-order valence-electron chi connectivity index (χ3n) is 2.44. The van der Waals surface area contributed by atoms with Crippen molar-refractivity contribution < 1.29 is 9.53 Å². The summed E-state index contributed by atoms with van der Waals surface area (Å²) in [4.78, 5) is 11.0. The Hall–Kier alpha value is -0.220. The Bertz CT molecular complexity index is 176. The predicted molar refractivity (Wildman–Crippen MR) is 70.7 cm³/mol. The van der Waals surface area contributed by atoms with E-state index in [-0.39, 0.29) is 5.97 Å². The lowest BCUT2D eigenvalue weighted by molar-refractivity contribution is -0.141. The number of hydrogen-bond acceptors (Lipinski definition) is 4. The number of rotatable bonds is 10. The highest BCUT2D eigenvalue weighted by atomic mass is 32.2. The fourth-order valence-corrected chi connectivity index (χ4v) is 2.38. The lowest BCUT2D eigenvalue weighted by Crippen LogP contribution is -2.33. The minimum atomic E-state index is -0.463. The molecule has 0 saturated heterocycles. The van der Waals surface area contributed by atoms with E-state index in [1.807, 2.05) is 0 Å². The predicted octanol–water partition coefficient (Wildman–Crippen LogP) is 2.58. The fraction of sp³-hybridized carbons (Fsp3) is 0.917. The Balaban J connectivity index is 3.17. The molecule has 1 atom stereocenters. The van der Waals surface area contributed by atoms with E-state index in [2.05, 4.69) is 11.7 Å². The van der Waals surface area contributed by atoms with Gasteiger partial charge in [-0.3, -0.25) is 4.79 Å². The van der Waals surface area contributed by atoms with Crippen molar-refractivity contribution in [2.45, 2.75) is 51.5 Å². The van der Waals surface area contributed by atoms with Crippen LogP contribution in [0.15, 0.2) is 0 Å². The highest BCUT2D eigenvalue weighted by molar-refractivity contribution is 7.99. The number of unbranched alkanes of at least 4 members (excludes halogenated alkanes) is 5. The lowest BCUT2D eigenvalue weighted by Gasteiger charge is -2.08. The first kappa shape index (κ1) is 15.8. The molecule has 0 aromatic heterocycles. The number of ether oxygens (including phenoxy) is 1. The molecule has 0 aliphatic rings. The summed E-state index contributed by atoms with van der Waals surface area (Å²) >= 11 is 1.74. The summed E-state index contributed by atoms with van der Waals surface area (Å²) in [5.74, 6) is 1.45. The molecule has 0 heterocycles. The number of carbonyl (C=O) groups is 1. The molecule has 0 fully saturated rings. The van der Waals surface area contributed by atoms with Gasteiger partial charge in [-0.05, 0) is 12.2 Å². The van der Waals surface area contributed by atoms with E-state index in [1.165, 1.54) is 45.6 Å². The van der Waals surface area contributed by atoms with Crippen molar-refractivity contribution in [3.8, 4) is 0 Å². The molecular formula is C12H25NO2S. The van der Waals surface area contributed by atoms with E-state index in [9.17, 15) is 4.79 Å². The van der Waals surface area contributed by atoms with Crippen molar-refractivity contribution in [3.05, 3.63) is 0 Å². The normalized spacial score (nSPS) is 12.4. The van der Waals surface area contributed by atoms with E-state index < -0.39 is 6.04 Å². The van der Waals surface area contributed by atoms with Gasteiger partial charge in [0.05, 0.1) is 7.11 Å². The average molecular weight is 247 g/mol. The molecule has 96 valence electrons. The van der Waals surface area contributed by atoms with Gasteiger partial charge in [0, 0.05) is 5.75 Å². The van der Waals surface area contributed by atoms with E-state index in [4.69, 9.17) is 5.73 Å². The maximum Gasteiger partial charge on any atom is 0.323 e. The Morgan fingerprint density at radius 3 is 2.50 bits per heavy atom. The first-order valence-corrected chi connectivity index (χ1v) is 7.29. The van der Waals surface area contributed by atoms with Gasteiger partial charge in [-0.25, -0.2) is 0 Å². The van der Waals surface area contributed by atoms with Gasteiger partial charge >= 0.3 is 5.97 Å². The molecule has 0 bridgehead atoms. The Morgan fingerprint density at radius 2 is 1.88 bits per heavy atom. The summed E-state index contributed by atoms with van der Waals surface area (Å²) in [6.45, 7) is 2.23. The Labute approximate surface area is 103 Å². The van der Waals surface area contributed by atoms with Crippen LogP contribution in [-0.2, 0) is 9.53 Å². The van der Waals surface area contributed by atoms with Crippen LogP contribution < -0.4 is 5.73 Å². The fourth-order valence-electron chi connectivity index (χ4n) is 1.41. The number of thioether (sulfide) groups is 1. The molecule has 0 saturated carbocycles. The number of methoxy groups -OCH3 is 1. The van der Waals surface area contributed by atoms with Crippen LogP contribution in [0.5, 0.6) is 0 Å². The first-order valence-electron chi connectivity index (χ1n) is 6.13. The lowest BCUT2D eigenvalue weighted by atomic mass is 10.1. The maximum atomic E-state index is 11.0. The van der Waals surface area contributed by atoms with Crippen LogP contribution in [0.25, 0.3) is 0 Å². The van der Waals surface area contributed by atoms with E-state index in [1.54, 1.807) is 11.8 Å². The van der Waals surface area contributed by atoms with Gasteiger partial charge < -0.3 is 10.5 Å². The zero-order valence-corrected chi connectivity index (χ0v) is 11.4. The van der Waals surface area contributed by atoms with Crippen LogP contribution in [0, 0.1) is 0 Å². The highest BCUT2D eigenvalue weighted by Crippen LogP contribution is 2.10. The summed E-state index contributed by atoms with van der Waals surface area (Å²) in [5, 5.41) is 0. The van der Waals surface area contributed by atoms with Crippen molar-refractivity contribution in [2.75, 3.05) is 18.6 Å². The summed E-state index contributed by atoms with van der Waals surface area (Å²) in [5.41, 5.74) is 5.61. The van der Waals surface area contributed by atoms with Crippen LogP contribution in [-0.4, -0.2) is 30.6 Å². The Kier molecular flexibility index (Phi) is 11.1. The van der Waals surface area contributed by atoms with Crippen molar-refractivity contribution >= 4 is 17.7 Å². The quantitative estimate of drug-likeness (QED) is 0.476. The molecule has 0 amide bonds. The minimum Gasteiger partial charge on any atom is -0.468 e. The molecule has 0 aromatic rings. The number of carbonyl (C=O) groups excluding carboxylic acids is 1. The standard InChI is InChI=1S/C12H25NO2S/c1-3-4-5-6-7-8-9-16-10-11(13)12(14)15-2/h11H,3-10,13H2,1-2H3. The van der Waals surface area contributed by atoms with Crippen molar-refractivity contribution in [2.24, 2.45) is 5.73 Å². The number of hydrogen-bond donors (Lipinski definition) is 1. The molecule has 0 aliphatic heterocycles. The molecule has 0 rings (SSSR count). The van der Waals surface area contributed by atoms with Gasteiger partial charge in [0.1, 0.15) is 6.04 Å². The van der Waals surface area contributed by atoms with E-state index in [0.717, 1.165) is 5.75 Å². The van der Waals surface area contributed by atoms with Crippen molar-refractivity contribution in [1.82, 2.24) is 0 Å².